The highest BCUT2D eigenvalue weighted by Crippen LogP contribution is 2.39. The van der Waals surface area contributed by atoms with Gasteiger partial charge < -0.3 is 4.43 Å². The second kappa shape index (κ2) is 10.6. The smallest absolute Gasteiger partial charge is 0.264 e. The van der Waals surface area contributed by atoms with E-state index in [1.807, 2.05) is 13.8 Å². The molecule has 0 fully saturated rings. The van der Waals surface area contributed by atoms with E-state index in [0.29, 0.717) is 12.1 Å². The van der Waals surface area contributed by atoms with E-state index in [1.165, 1.54) is 15.7 Å². The van der Waals surface area contributed by atoms with Gasteiger partial charge in [0.15, 0.2) is 8.32 Å². The van der Waals surface area contributed by atoms with Gasteiger partial charge in [0.2, 0.25) is 10.0 Å². The van der Waals surface area contributed by atoms with Crippen LogP contribution < -0.4 is 0 Å². The number of nitrogens with zero attached hydrogens (tertiary/aromatic N) is 2. The van der Waals surface area contributed by atoms with E-state index < -0.39 is 28.4 Å². The van der Waals surface area contributed by atoms with Crippen LogP contribution in [-0.2, 0) is 24.5 Å². The second-order valence-electron chi connectivity index (χ2n) is 11.3. The van der Waals surface area contributed by atoms with Gasteiger partial charge in [-0.25, -0.2) is 16.8 Å². The van der Waals surface area contributed by atoms with Crippen LogP contribution in [0.25, 0.3) is 0 Å². The standard InChI is InChI=1S/C27H40N2O5S2Si/c1-21-9-13-25(14-10-21)35(30,31)28(6)20-23-19-24(34-37(7,8)27(3,4)5)17-18-29(23)36(32,33)26-15-11-22(2)12-16-26/h9-16,19,24H,17-18,20H2,1-8H3. The highest BCUT2D eigenvalue weighted by atomic mass is 32.2. The van der Waals surface area contributed by atoms with Crippen molar-refractivity contribution in [3.8, 4) is 0 Å². The first kappa shape index (κ1) is 29.6. The highest BCUT2D eigenvalue weighted by molar-refractivity contribution is 7.89. The lowest BCUT2D eigenvalue weighted by Crippen LogP contribution is -2.47. The molecule has 1 unspecified atom stereocenters. The minimum absolute atomic E-state index is 0.0162. The van der Waals surface area contributed by atoms with Crippen molar-refractivity contribution in [2.75, 3.05) is 20.1 Å². The second-order valence-corrected chi connectivity index (χ2v) is 20.0. The maximum absolute atomic E-state index is 13.7. The first-order valence-electron chi connectivity index (χ1n) is 12.5. The molecule has 0 radical (unpaired) electrons. The molecular formula is C27H40N2O5S2Si. The van der Waals surface area contributed by atoms with Crippen LogP contribution in [0.2, 0.25) is 18.1 Å². The summed E-state index contributed by atoms with van der Waals surface area (Å²) in [5, 5.41) is -0.0162. The first-order valence-corrected chi connectivity index (χ1v) is 18.2. The quantitative estimate of drug-likeness (QED) is 0.407. The molecule has 1 heterocycles. The first-order chi connectivity index (χ1) is 16.9. The third kappa shape index (κ3) is 6.54. The van der Waals surface area contributed by atoms with Crippen molar-refractivity contribution in [2.24, 2.45) is 0 Å². The van der Waals surface area contributed by atoms with Gasteiger partial charge in [0.05, 0.1) is 22.4 Å². The molecule has 3 rings (SSSR count). The third-order valence-electron chi connectivity index (χ3n) is 7.29. The summed E-state index contributed by atoms with van der Waals surface area (Å²) >= 11 is 0. The number of likely N-dealkylation sites (N-methyl/N-ethyl adjacent to an activating group) is 1. The fraction of sp³-hybridized carbons (Fsp3) is 0.481. The molecular weight excluding hydrogens is 525 g/mol. The maximum atomic E-state index is 13.7. The van der Waals surface area contributed by atoms with Crippen LogP contribution in [-0.4, -0.2) is 60.0 Å². The Morgan fingerprint density at radius 1 is 0.919 bits per heavy atom. The summed E-state index contributed by atoms with van der Waals surface area (Å²) < 4.78 is 63.2. The predicted molar refractivity (Wildman–Crippen MR) is 151 cm³/mol. The van der Waals surface area contributed by atoms with Crippen molar-refractivity contribution in [3.63, 3.8) is 0 Å². The fourth-order valence-electron chi connectivity index (χ4n) is 3.86. The zero-order chi connectivity index (χ0) is 27.8. The van der Waals surface area contributed by atoms with E-state index in [-0.39, 0.29) is 34.0 Å². The van der Waals surface area contributed by atoms with Crippen molar-refractivity contribution in [3.05, 3.63) is 71.4 Å². The Morgan fingerprint density at radius 3 is 1.89 bits per heavy atom. The molecule has 7 nitrogen and oxygen atoms in total. The van der Waals surface area contributed by atoms with Gasteiger partial charge >= 0.3 is 0 Å². The van der Waals surface area contributed by atoms with E-state index in [1.54, 1.807) is 54.6 Å². The van der Waals surface area contributed by atoms with Crippen molar-refractivity contribution in [2.45, 2.75) is 75.1 Å². The summed E-state index contributed by atoms with van der Waals surface area (Å²) in [5.41, 5.74) is 2.31. The lowest BCUT2D eigenvalue weighted by molar-refractivity contribution is 0.192. The largest absolute Gasteiger partial charge is 0.410 e. The Balaban J connectivity index is 2.00. The number of hydrogen-bond donors (Lipinski definition) is 0. The highest BCUT2D eigenvalue weighted by Gasteiger charge is 2.41. The van der Waals surface area contributed by atoms with Crippen LogP contribution in [0.5, 0.6) is 0 Å². The van der Waals surface area contributed by atoms with Crippen LogP contribution in [0, 0.1) is 13.8 Å². The number of rotatable bonds is 8. The monoisotopic (exact) mass is 564 g/mol. The average Bonchev–Trinajstić information content (AvgIpc) is 2.78. The summed E-state index contributed by atoms with van der Waals surface area (Å²) in [6.07, 6.45) is 2.00. The zero-order valence-corrected chi connectivity index (χ0v) is 25.8. The molecule has 0 spiro atoms. The van der Waals surface area contributed by atoms with Crippen molar-refractivity contribution < 1.29 is 21.3 Å². The molecule has 10 heteroatoms. The summed E-state index contributed by atoms with van der Waals surface area (Å²) in [6.45, 7) is 14.7. The lowest BCUT2D eigenvalue weighted by atomic mass is 10.1. The molecule has 2 aromatic rings. The molecule has 0 amide bonds. The third-order valence-corrected chi connectivity index (χ3v) is 15.5. The molecule has 2 aromatic carbocycles. The minimum atomic E-state index is -3.89. The van der Waals surface area contributed by atoms with E-state index in [2.05, 4.69) is 33.9 Å². The molecule has 204 valence electrons. The average molecular weight is 565 g/mol. The van der Waals surface area contributed by atoms with Crippen LogP contribution in [0.4, 0.5) is 0 Å². The number of benzene rings is 2. The maximum Gasteiger partial charge on any atom is 0.264 e. The van der Waals surface area contributed by atoms with Crippen molar-refractivity contribution in [1.29, 1.82) is 0 Å². The van der Waals surface area contributed by atoms with E-state index in [4.69, 9.17) is 4.43 Å². The topological polar surface area (TPSA) is 84.0 Å². The number of aryl methyl sites for hydroxylation is 2. The molecule has 0 N–H and O–H groups in total. The number of hydrogen-bond acceptors (Lipinski definition) is 5. The molecule has 0 aliphatic carbocycles. The summed E-state index contributed by atoms with van der Waals surface area (Å²) in [4.78, 5) is 0.343. The molecule has 0 aromatic heterocycles. The Labute approximate surface area is 224 Å². The number of sulfonamides is 2. The van der Waals surface area contributed by atoms with Crippen molar-refractivity contribution >= 4 is 28.4 Å². The normalized spacial score (nSPS) is 17.7. The van der Waals surface area contributed by atoms with E-state index in [0.717, 1.165) is 11.1 Å². The Bertz CT molecular complexity index is 1350. The van der Waals surface area contributed by atoms with Gasteiger partial charge in [-0.3, -0.25) is 4.31 Å². The van der Waals surface area contributed by atoms with Gasteiger partial charge in [-0.05, 0) is 68.7 Å². The molecule has 0 bridgehead atoms. The Morgan fingerprint density at radius 2 is 1.41 bits per heavy atom. The van der Waals surface area contributed by atoms with E-state index in [9.17, 15) is 16.8 Å². The summed E-state index contributed by atoms with van der Waals surface area (Å²) in [7, 11) is -8.38. The Kier molecular flexibility index (Phi) is 8.51. The lowest BCUT2D eigenvalue weighted by Gasteiger charge is -2.41. The molecule has 1 aliphatic heterocycles. The van der Waals surface area contributed by atoms with Crippen LogP contribution >= 0.6 is 0 Å². The zero-order valence-electron chi connectivity index (χ0n) is 23.1. The van der Waals surface area contributed by atoms with Crippen molar-refractivity contribution in [1.82, 2.24) is 8.61 Å². The summed E-state index contributed by atoms with van der Waals surface area (Å²) in [6, 6.07) is 13.3. The van der Waals surface area contributed by atoms with E-state index >= 15 is 0 Å². The van der Waals surface area contributed by atoms with Gasteiger partial charge in [0, 0.05) is 19.3 Å². The Hall–Kier alpha value is -1.98. The van der Waals surface area contributed by atoms with Crippen LogP contribution in [0.1, 0.15) is 38.3 Å². The molecule has 0 saturated heterocycles. The van der Waals surface area contributed by atoms with Crippen LogP contribution in [0.3, 0.4) is 0 Å². The predicted octanol–water partition coefficient (Wildman–Crippen LogP) is 5.29. The molecule has 1 atom stereocenters. The van der Waals surface area contributed by atoms with Gasteiger partial charge in [0.25, 0.3) is 10.0 Å². The molecule has 37 heavy (non-hydrogen) atoms. The molecule has 1 aliphatic rings. The SMILES string of the molecule is Cc1ccc(S(=O)(=O)N(C)CC2=CC(O[Si](C)(C)C(C)(C)C)CCN2S(=O)(=O)c2ccc(C)cc2)cc1. The minimum Gasteiger partial charge on any atom is -0.410 e. The molecule has 0 saturated carbocycles. The summed E-state index contributed by atoms with van der Waals surface area (Å²) in [5.74, 6) is 0. The fourth-order valence-corrected chi connectivity index (χ4v) is 7.81. The van der Waals surface area contributed by atoms with Gasteiger partial charge in [-0.2, -0.15) is 4.31 Å². The van der Waals surface area contributed by atoms with Gasteiger partial charge in [-0.1, -0.05) is 56.2 Å². The van der Waals surface area contributed by atoms with Gasteiger partial charge in [0.1, 0.15) is 0 Å². The van der Waals surface area contributed by atoms with Gasteiger partial charge in [-0.15, -0.1) is 0 Å². The van der Waals surface area contributed by atoms with Crippen LogP contribution in [0.15, 0.2) is 70.1 Å².